The Morgan fingerprint density at radius 2 is 1.86 bits per heavy atom. The number of aliphatic carboxylic acids is 1. The Kier molecular flexibility index (Phi) is 4.59. The molecule has 112 valence electrons. The molecule has 2 rings (SSSR count). The number of benzene rings is 2. The molecule has 0 fully saturated rings. The van der Waals surface area contributed by atoms with Crippen molar-refractivity contribution in [1.29, 1.82) is 0 Å². The van der Waals surface area contributed by atoms with E-state index in [1.165, 1.54) is 0 Å². The zero-order valence-electron chi connectivity index (χ0n) is 11.6. The number of nitrogens with one attached hydrogen (secondary N) is 1. The summed E-state index contributed by atoms with van der Waals surface area (Å²) in [4.78, 5) is 10.5. The van der Waals surface area contributed by atoms with E-state index in [0.717, 1.165) is 16.3 Å². The normalized spacial score (nSPS) is 13.2. The Bertz CT molecular complexity index is 750. The van der Waals surface area contributed by atoms with Crippen molar-refractivity contribution in [2.45, 2.75) is 19.4 Å². The SMILES string of the molecule is CC(NS(=O)(=O)CCC(=O)O)c1cccc2ccccc12. The van der Waals surface area contributed by atoms with Crippen molar-refractivity contribution in [3.05, 3.63) is 48.0 Å². The van der Waals surface area contributed by atoms with Gasteiger partial charge >= 0.3 is 5.97 Å². The molecular formula is C15H17NO4S. The van der Waals surface area contributed by atoms with E-state index in [1.807, 2.05) is 42.5 Å². The molecule has 0 bridgehead atoms. The van der Waals surface area contributed by atoms with E-state index in [-0.39, 0.29) is 0 Å². The molecule has 0 aliphatic carbocycles. The lowest BCUT2D eigenvalue weighted by atomic mass is 10.0. The number of carboxylic acids is 1. The molecule has 1 atom stereocenters. The number of hydrogen-bond donors (Lipinski definition) is 2. The molecule has 0 amide bonds. The standard InChI is InChI=1S/C15H17NO4S/c1-11(16-21(19,20)10-9-15(17)18)13-8-4-6-12-5-2-3-7-14(12)13/h2-8,11,16H,9-10H2,1H3,(H,17,18). The fourth-order valence-electron chi connectivity index (χ4n) is 2.24. The third kappa shape index (κ3) is 4.03. The molecule has 6 heteroatoms. The van der Waals surface area contributed by atoms with Crippen LogP contribution in [0, 0.1) is 0 Å². The number of rotatable bonds is 6. The van der Waals surface area contributed by atoms with Gasteiger partial charge in [0.05, 0.1) is 12.2 Å². The Labute approximate surface area is 123 Å². The first kappa shape index (κ1) is 15.5. The third-order valence-corrected chi connectivity index (χ3v) is 4.69. The van der Waals surface area contributed by atoms with E-state index in [1.54, 1.807) is 6.92 Å². The number of sulfonamides is 1. The van der Waals surface area contributed by atoms with Crippen LogP contribution in [-0.4, -0.2) is 25.2 Å². The minimum atomic E-state index is -3.62. The summed E-state index contributed by atoms with van der Waals surface area (Å²) in [5.74, 6) is -1.55. The fourth-order valence-corrected chi connectivity index (χ4v) is 3.47. The highest BCUT2D eigenvalue weighted by atomic mass is 32.2. The first-order valence-electron chi connectivity index (χ1n) is 6.58. The largest absolute Gasteiger partial charge is 0.481 e. The molecule has 0 spiro atoms. The maximum atomic E-state index is 11.9. The number of carbonyl (C=O) groups is 1. The van der Waals surface area contributed by atoms with Gasteiger partial charge in [0, 0.05) is 6.04 Å². The molecule has 0 aromatic heterocycles. The molecule has 0 heterocycles. The van der Waals surface area contributed by atoms with Crippen LogP contribution in [0.4, 0.5) is 0 Å². The quantitative estimate of drug-likeness (QED) is 0.857. The summed E-state index contributed by atoms with van der Waals surface area (Å²) in [7, 11) is -3.62. The Hall–Kier alpha value is -1.92. The first-order valence-corrected chi connectivity index (χ1v) is 8.24. The Morgan fingerprint density at radius 1 is 1.19 bits per heavy atom. The van der Waals surface area contributed by atoms with Gasteiger partial charge in [0.2, 0.25) is 10.0 Å². The van der Waals surface area contributed by atoms with Crippen LogP contribution in [-0.2, 0) is 14.8 Å². The monoisotopic (exact) mass is 307 g/mol. The smallest absolute Gasteiger partial charge is 0.304 e. The van der Waals surface area contributed by atoms with Crippen molar-refractivity contribution < 1.29 is 18.3 Å². The average Bonchev–Trinajstić information content (AvgIpc) is 2.44. The van der Waals surface area contributed by atoms with Gasteiger partial charge in [0.25, 0.3) is 0 Å². The van der Waals surface area contributed by atoms with Crippen molar-refractivity contribution >= 4 is 26.8 Å². The minimum Gasteiger partial charge on any atom is -0.481 e. The number of carboxylic acid groups (broad SMARTS) is 1. The molecule has 0 aliphatic rings. The fraction of sp³-hybridized carbons (Fsp3) is 0.267. The molecule has 2 aromatic carbocycles. The van der Waals surface area contributed by atoms with Crippen LogP contribution in [0.5, 0.6) is 0 Å². The lowest BCUT2D eigenvalue weighted by Crippen LogP contribution is -2.30. The van der Waals surface area contributed by atoms with Crippen LogP contribution in [0.2, 0.25) is 0 Å². The van der Waals surface area contributed by atoms with E-state index in [2.05, 4.69) is 4.72 Å². The highest BCUT2D eigenvalue weighted by Crippen LogP contribution is 2.24. The van der Waals surface area contributed by atoms with Crippen LogP contribution >= 0.6 is 0 Å². The Morgan fingerprint density at radius 3 is 2.57 bits per heavy atom. The second kappa shape index (κ2) is 6.24. The molecule has 0 aliphatic heterocycles. The van der Waals surface area contributed by atoms with Gasteiger partial charge < -0.3 is 5.11 Å². The molecular weight excluding hydrogens is 290 g/mol. The molecule has 0 saturated heterocycles. The number of hydrogen-bond acceptors (Lipinski definition) is 3. The van der Waals surface area contributed by atoms with Crippen LogP contribution in [0.15, 0.2) is 42.5 Å². The predicted octanol–water partition coefficient (Wildman–Crippen LogP) is 2.29. The van der Waals surface area contributed by atoms with Crippen LogP contribution in [0.1, 0.15) is 24.9 Å². The van der Waals surface area contributed by atoms with Gasteiger partial charge in [-0.25, -0.2) is 13.1 Å². The van der Waals surface area contributed by atoms with Crippen molar-refractivity contribution in [2.75, 3.05) is 5.75 Å². The molecule has 5 nitrogen and oxygen atoms in total. The summed E-state index contributed by atoms with van der Waals surface area (Å²) in [5.41, 5.74) is 0.868. The third-order valence-electron chi connectivity index (χ3n) is 3.23. The molecule has 21 heavy (non-hydrogen) atoms. The van der Waals surface area contributed by atoms with Crippen molar-refractivity contribution in [2.24, 2.45) is 0 Å². The lowest BCUT2D eigenvalue weighted by Gasteiger charge is -2.16. The van der Waals surface area contributed by atoms with Gasteiger partial charge in [-0.05, 0) is 23.3 Å². The minimum absolute atomic E-state index is 0.405. The summed E-state index contributed by atoms with van der Waals surface area (Å²) in [6.45, 7) is 1.75. The van der Waals surface area contributed by atoms with E-state index in [4.69, 9.17) is 5.11 Å². The van der Waals surface area contributed by atoms with Gasteiger partial charge in [-0.1, -0.05) is 42.5 Å². The molecule has 2 N–H and O–H groups in total. The number of fused-ring (bicyclic) bond motifs is 1. The highest BCUT2D eigenvalue weighted by Gasteiger charge is 2.18. The zero-order chi connectivity index (χ0) is 15.5. The second-order valence-electron chi connectivity index (χ2n) is 4.87. The van der Waals surface area contributed by atoms with Crippen molar-refractivity contribution in [3.63, 3.8) is 0 Å². The lowest BCUT2D eigenvalue weighted by molar-refractivity contribution is -0.136. The van der Waals surface area contributed by atoms with Crippen LogP contribution in [0.3, 0.4) is 0 Å². The van der Waals surface area contributed by atoms with Gasteiger partial charge in [0.1, 0.15) is 0 Å². The highest BCUT2D eigenvalue weighted by molar-refractivity contribution is 7.89. The summed E-state index contributed by atoms with van der Waals surface area (Å²) in [6.07, 6.45) is -0.405. The van der Waals surface area contributed by atoms with Crippen LogP contribution in [0.25, 0.3) is 10.8 Å². The maximum Gasteiger partial charge on any atom is 0.304 e. The van der Waals surface area contributed by atoms with Crippen molar-refractivity contribution in [3.8, 4) is 0 Å². The topological polar surface area (TPSA) is 83.5 Å². The second-order valence-corrected chi connectivity index (χ2v) is 6.74. The van der Waals surface area contributed by atoms with E-state index in [0.29, 0.717) is 0 Å². The molecule has 0 saturated carbocycles. The Balaban J connectivity index is 2.23. The van der Waals surface area contributed by atoms with E-state index < -0.39 is 34.2 Å². The molecule has 0 radical (unpaired) electrons. The van der Waals surface area contributed by atoms with Gasteiger partial charge in [0.15, 0.2) is 0 Å². The predicted molar refractivity (Wildman–Crippen MR) is 81.5 cm³/mol. The first-order chi connectivity index (χ1) is 9.89. The van der Waals surface area contributed by atoms with E-state index >= 15 is 0 Å². The van der Waals surface area contributed by atoms with Crippen LogP contribution < -0.4 is 4.72 Å². The average molecular weight is 307 g/mol. The maximum absolute atomic E-state index is 11.9. The zero-order valence-corrected chi connectivity index (χ0v) is 12.4. The molecule has 1 unspecified atom stereocenters. The summed E-state index contributed by atoms with van der Waals surface area (Å²) >= 11 is 0. The van der Waals surface area contributed by atoms with E-state index in [9.17, 15) is 13.2 Å². The summed E-state index contributed by atoms with van der Waals surface area (Å²) in [5, 5.41) is 10.6. The summed E-state index contributed by atoms with van der Waals surface area (Å²) in [6, 6.07) is 13.0. The summed E-state index contributed by atoms with van der Waals surface area (Å²) < 4.78 is 26.3. The van der Waals surface area contributed by atoms with Gasteiger partial charge in [-0.3, -0.25) is 4.79 Å². The van der Waals surface area contributed by atoms with Gasteiger partial charge in [-0.15, -0.1) is 0 Å². The van der Waals surface area contributed by atoms with Crippen molar-refractivity contribution in [1.82, 2.24) is 4.72 Å². The molecule has 2 aromatic rings. The van der Waals surface area contributed by atoms with Gasteiger partial charge in [-0.2, -0.15) is 0 Å².